The van der Waals surface area contributed by atoms with E-state index in [1.165, 1.54) is 6.07 Å². The van der Waals surface area contributed by atoms with E-state index in [-0.39, 0.29) is 18.6 Å². The van der Waals surface area contributed by atoms with Crippen LogP contribution in [0.5, 0.6) is 0 Å². The van der Waals surface area contributed by atoms with Crippen molar-refractivity contribution in [3.8, 4) is 0 Å². The molecule has 0 spiro atoms. The molecule has 5 N–H and O–H groups in total. The summed E-state index contributed by atoms with van der Waals surface area (Å²) in [4.78, 5) is 10.5. The summed E-state index contributed by atoms with van der Waals surface area (Å²) in [5.74, 6) is -0.914. The van der Waals surface area contributed by atoms with E-state index in [9.17, 15) is 4.79 Å². The fraction of sp³-hybridized carbons (Fsp3) is 0.462. The Bertz CT molecular complexity index is 396. The second-order valence-corrected chi connectivity index (χ2v) is 4.86. The average molecular weight is 255 g/mol. The van der Waals surface area contributed by atoms with E-state index in [1.807, 2.05) is 0 Å². The Morgan fingerprint density at radius 3 is 2.06 bits per heavy atom. The molecule has 1 aromatic rings. The number of hydrogen-bond acceptors (Lipinski definition) is 4. The molecule has 0 atom stereocenters. The van der Waals surface area contributed by atoms with E-state index in [0.29, 0.717) is 16.8 Å². The first-order valence-electron chi connectivity index (χ1n) is 5.54. The maximum Gasteiger partial charge on any atom is 0.335 e. The van der Waals surface area contributed by atoms with Gasteiger partial charge in [0.15, 0.2) is 0 Å². The van der Waals surface area contributed by atoms with Crippen LogP contribution in [0.25, 0.3) is 0 Å². The maximum absolute atomic E-state index is 10.5. The van der Waals surface area contributed by atoms with Gasteiger partial charge in [0.25, 0.3) is 0 Å². The molecule has 5 nitrogen and oxygen atoms in total. The Balaban J connectivity index is 0.000000360. The fourth-order valence-electron chi connectivity index (χ4n) is 0.977. The Kier molecular flexibility index (Phi) is 6.36. The summed E-state index contributed by atoms with van der Waals surface area (Å²) in [5, 5.41) is 25.5. The van der Waals surface area contributed by atoms with Crippen LogP contribution in [0.3, 0.4) is 0 Å². The molecule has 0 aromatic heterocycles. The summed E-state index contributed by atoms with van der Waals surface area (Å²) in [6, 6.07) is 4.73. The third-order valence-electron chi connectivity index (χ3n) is 2.34. The van der Waals surface area contributed by atoms with Gasteiger partial charge in [0.05, 0.1) is 18.8 Å². The molecule has 1 rings (SSSR count). The van der Waals surface area contributed by atoms with Gasteiger partial charge in [-0.1, -0.05) is 13.8 Å². The van der Waals surface area contributed by atoms with E-state index < -0.39 is 5.97 Å². The predicted octanol–water partition coefficient (Wildman–Crippen LogP) is 1.27. The summed E-state index contributed by atoms with van der Waals surface area (Å²) < 4.78 is 0. The van der Waals surface area contributed by atoms with Gasteiger partial charge in [-0.25, -0.2) is 4.79 Å². The number of benzene rings is 1. The van der Waals surface area contributed by atoms with Crippen molar-refractivity contribution < 1.29 is 20.1 Å². The number of anilines is 1. The monoisotopic (exact) mass is 255 g/mol. The number of carbonyl (C=O) groups is 1. The van der Waals surface area contributed by atoms with Crippen molar-refractivity contribution in [2.75, 3.05) is 18.9 Å². The summed E-state index contributed by atoms with van der Waals surface area (Å²) >= 11 is 0. The van der Waals surface area contributed by atoms with Gasteiger partial charge in [0.1, 0.15) is 0 Å². The molecule has 0 aliphatic rings. The van der Waals surface area contributed by atoms with Crippen molar-refractivity contribution in [3.63, 3.8) is 0 Å². The smallest absolute Gasteiger partial charge is 0.335 e. The van der Waals surface area contributed by atoms with Gasteiger partial charge in [-0.2, -0.15) is 0 Å². The molecule has 0 bridgehead atoms. The molecule has 102 valence electrons. The summed E-state index contributed by atoms with van der Waals surface area (Å²) in [6.07, 6.45) is 0. The van der Waals surface area contributed by atoms with Crippen LogP contribution in [-0.4, -0.2) is 34.5 Å². The standard InChI is InChI=1S/C8H9NO2.C5H12O2/c1-5-4-6(9)2-3-7(5)8(10)11;1-5(2,3-6)4-7/h2-4H,9H2,1H3,(H,10,11);6-7H,3-4H2,1-2H3. The van der Waals surface area contributed by atoms with Gasteiger partial charge in [0.2, 0.25) is 0 Å². The molecule has 0 saturated heterocycles. The molecular weight excluding hydrogens is 234 g/mol. The van der Waals surface area contributed by atoms with Crippen LogP contribution >= 0.6 is 0 Å². The SMILES string of the molecule is CC(C)(CO)CO.Cc1cc(N)ccc1C(=O)O. The van der Waals surface area contributed by atoms with Crippen LogP contribution in [-0.2, 0) is 0 Å². The van der Waals surface area contributed by atoms with Crippen molar-refractivity contribution in [2.24, 2.45) is 5.41 Å². The molecule has 18 heavy (non-hydrogen) atoms. The number of aliphatic hydroxyl groups is 2. The van der Waals surface area contributed by atoms with Gasteiger partial charge >= 0.3 is 5.97 Å². The molecule has 0 saturated carbocycles. The van der Waals surface area contributed by atoms with Crippen molar-refractivity contribution in [1.29, 1.82) is 0 Å². The van der Waals surface area contributed by atoms with Crippen LogP contribution in [0.1, 0.15) is 29.8 Å². The quantitative estimate of drug-likeness (QED) is 0.609. The zero-order valence-corrected chi connectivity index (χ0v) is 11.0. The van der Waals surface area contributed by atoms with E-state index in [0.717, 1.165) is 0 Å². The molecule has 1 aromatic carbocycles. The number of carboxylic acids is 1. The van der Waals surface area contributed by atoms with Crippen LogP contribution in [0.2, 0.25) is 0 Å². The number of nitrogens with two attached hydrogens (primary N) is 1. The molecule has 0 amide bonds. The van der Waals surface area contributed by atoms with E-state index in [1.54, 1.807) is 32.9 Å². The topological polar surface area (TPSA) is 104 Å². The molecule has 0 radical (unpaired) electrons. The minimum atomic E-state index is -0.914. The van der Waals surface area contributed by atoms with Gasteiger partial charge in [-0.15, -0.1) is 0 Å². The number of carboxylic acid groups (broad SMARTS) is 1. The Morgan fingerprint density at radius 1 is 1.28 bits per heavy atom. The highest BCUT2D eigenvalue weighted by Gasteiger charge is 2.13. The van der Waals surface area contributed by atoms with Crippen LogP contribution in [0.4, 0.5) is 5.69 Å². The third-order valence-corrected chi connectivity index (χ3v) is 2.34. The first-order valence-corrected chi connectivity index (χ1v) is 5.54. The third kappa shape index (κ3) is 5.65. The minimum absolute atomic E-state index is 0.0451. The van der Waals surface area contributed by atoms with Crippen LogP contribution in [0, 0.1) is 12.3 Å². The van der Waals surface area contributed by atoms with Crippen molar-refractivity contribution >= 4 is 11.7 Å². The number of aromatic carboxylic acids is 1. The number of aryl methyl sites for hydroxylation is 1. The Hall–Kier alpha value is -1.59. The summed E-state index contributed by atoms with van der Waals surface area (Å²) in [7, 11) is 0. The van der Waals surface area contributed by atoms with E-state index >= 15 is 0 Å². The van der Waals surface area contributed by atoms with Crippen LogP contribution in [0.15, 0.2) is 18.2 Å². The van der Waals surface area contributed by atoms with Crippen molar-refractivity contribution in [1.82, 2.24) is 0 Å². The summed E-state index contributed by atoms with van der Waals surface area (Å²) in [5.41, 5.74) is 6.72. The van der Waals surface area contributed by atoms with Gasteiger partial charge in [-0.3, -0.25) is 0 Å². The highest BCUT2D eigenvalue weighted by molar-refractivity contribution is 5.89. The molecule has 0 aliphatic carbocycles. The van der Waals surface area contributed by atoms with Gasteiger partial charge in [0, 0.05) is 11.1 Å². The Morgan fingerprint density at radius 2 is 1.78 bits per heavy atom. The Labute approximate surface area is 107 Å². The first kappa shape index (κ1) is 16.4. The lowest BCUT2D eigenvalue weighted by Crippen LogP contribution is -2.20. The number of hydrogen-bond donors (Lipinski definition) is 4. The normalized spacial score (nSPS) is 10.5. The molecule has 0 heterocycles. The van der Waals surface area contributed by atoms with Crippen molar-refractivity contribution in [2.45, 2.75) is 20.8 Å². The van der Waals surface area contributed by atoms with E-state index in [2.05, 4.69) is 0 Å². The number of nitrogen functional groups attached to an aromatic ring is 1. The largest absolute Gasteiger partial charge is 0.478 e. The zero-order chi connectivity index (χ0) is 14.3. The lowest BCUT2D eigenvalue weighted by atomic mass is 9.97. The molecule has 0 aliphatic heterocycles. The molecule has 0 unspecified atom stereocenters. The second kappa shape index (κ2) is 6.98. The van der Waals surface area contributed by atoms with E-state index in [4.69, 9.17) is 21.1 Å². The highest BCUT2D eigenvalue weighted by atomic mass is 16.4. The fourth-order valence-corrected chi connectivity index (χ4v) is 0.977. The zero-order valence-electron chi connectivity index (χ0n) is 11.0. The number of rotatable bonds is 3. The molecular formula is C13H21NO4. The second-order valence-electron chi connectivity index (χ2n) is 4.86. The van der Waals surface area contributed by atoms with Crippen LogP contribution < -0.4 is 5.73 Å². The van der Waals surface area contributed by atoms with Gasteiger partial charge in [-0.05, 0) is 30.7 Å². The highest BCUT2D eigenvalue weighted by Crippen LogP contribution is 2.11. The molecule has 5 heteroatoms. The first-order chi connectivity index (χ1) is 8.23. The predicted molar refractivity (Wildman–Crippen MR) is 70.5 cm³/mol. The lowest BCUT2D eigenvalue weighted by Gasteiger charge is -2.16. The summed E-state index contributed by atoms with van der Waals surface area (Å²) in [6.45, 7) is 5.41. The minimum Gasteiger partial charge on any atom is -0.478 e. The molecule has 0 fully saturated rings. The average Bonchev–Trinajstić information content (AvgIpc) is 2.29. The maximum atomic E-state index is 10.5. The number of aliphatic hydroxyl groups excluding tert-OH is 2. The lowest BCUT2D eigenvalue weighted by molar-refractivity contribution is 0.0696. The van der Waals surface area contributed by atoms with Gasteiger partial charge < -0.3 is 21.1 Å². The van der Waals surface area contributed by atoms with Crippen molar-refractivity contribution in [3.05, 3.63) is 29.3 Å².